The summed E-state index contributed by atoms with van der Waals surface area (Å²) >= 11 is 0. The maximum Gasteiger partial charge on any atom is 0.531 e. The summed E-state index contributed by atoms with van der Waals surface area (Å²) in [6, 6.07) is 0. The third kappa shape index (κ3) is 4.53. The van der Waals surface area contributed by atoms with Crippen LogP contribution in [-0.2, 0) is 19.0 Å². The van der Waals surface area contributed by atoms with E-state index in [1.165, 1.54) is 0 Å². The quantitative estimate of drug-likeness (QED) is 0.380. The highest BCUT2D eigenvalue weighted by Crippen LogP contribution is 2.52. The van der Waals surface area contributed by atoms with E-state index in [0.29, 0.717) is 0 Å². The maximum absolute atomic E-state index is 9.66. The number of hydrogen-bond acceptors (Lipinski definition) is 5. The van der Waals surface area contributed by atoms with Gasteiger partial charge < -0.3 is 5.11 Å². The molecule has 2 N–H and O–H groups in total. The van der Waals surface area contributed by atoms with E-state index in [0.717, 1.165) is 0 Å². The number of aliphatic hydroxyl groups is 1. The standard InChI is InChI=1S/C2H6O.HO5P/c1-2-3;1-6(2)4-3-5-6/h3H,2H2,1H3;(H,1,2). The lowest BCUT2D eigenvalue weighted by atomic mass is 10.9. The van der Waals surface area contributed by atoms with Crippen molar-refractivity contribution in [3.05, 3.63) is 0 Å². The topological polar surface area (TPSA) is 85.2 Å². The molecule has 0 aromatic rings. The van der Waals surface area contributed by atoms with Crippen LogP contribution in [-0.4, -0.2) is 16.6 Å². The van der Waals surface area contributed by atoms with E-state index in [9.17, 15) is 4.57 Å². The van der Waals surface area contributed by atoms with Crippen LogP contribution < -0.4 is 0 Å². The SMILES string of the molecule is CCO.O=P1(O)OOO1. The van der Waals surface area contributed by atoms with Crippen molar-refractivity contribution in [2.24, 2.45) is 0 Å². The van der Waals surface area contributed by atoms with Crippen molar-refractivity contribution in [2.75, 3.05) is 6.61 Å². The van der Waals surface area contributed by atoms with Gasteiger partial charge in [0.1, 0.15) is 0 Å². The summed E-state index contributed by atoms with van der Waals surface area (Å²) in [7, 11) is -3.69. The van der Waals surface area contributed by atoms with Crippen LogP contribution in [0.5, 0.6) is 0 Å². The van der Waals surface area contributed by atoms with Gasteiger partial charge in [-0.3, -0.25) is 4.89 Å². The van der Waals surface area contributed by atoms with Crippen LogP contribution >= 0.6 is 7.82 Å². The Morgan fingerprint density at radius 2 is 1.78 bits per heavy atom. The second-order valence-electron chi connectivity index (χ2n) is 1.00. The van der Waals surface area contributed by atoms with E-state index in [1.807, 2.05) is 0 Å². The van der Waals surface area contributed by atoms with Gasteiger partial charge in [-0.25, -0.2) is 4.57 Å². The molecule has 0 aliphatic carbocycles. The van der Waals surface area contributed by atoms with Crippen LogP contribution in [0, 0.1) is 0 Å². The molecule has 56 valence electrons. The normalized spacial score (nSPS) is 21.2. The Morgan fingerprint density at radius 3 is 1.78 bits per heavy atom. The summed E-state index contributed by atoms with van der Waals surface area (Å²) in [5.74, 6) is 0. The van der Waals surface area contributed by atoms with Crippen molar-refractivity contribution >= 4 is 7.82 Å². The van der Waals surface area contributed by atoms with E-state index in [1.54, 1.807) is 6.92 Å². The molecular weight excluding hydrogens is 151 g/mol. The van der Waals surface area contributed by atoms with Gasteiger partial charge >= 0.3 is 7.82 Å². The van der Waals surface area contributed by atoms with Gasteiger partial charge in [0.05, 0.1) is 0 Å². The average Bonchev–Trinajstić information content (AvgIpc) is 1.65. The third-order valence-corrected chi connectivity index (χ3v) is 0.748. The van der Waals surface area contributed by atoms with Crippen LogP contribution in [0.4, 0.5) is 0 Å². The van der Waals surface area contributed by atoms with Gasteiger partial charge in [0.15, 0.2) is 0 Å². The van der Waals surface area contributed by atoms with Crippen LogP contribution in [0.15, 0.2) is 0 Å². The molecular formula is C2H7O6P. The minimum absolute atomic E-state index is 0.250. The monoisotopic (exact) mass is 158 g/mol. The highest BCUT2D eigenvalue weighted by molar-refractivity contribution is 7.47. The molecule has 6 nitrogen and oxygen atoms in total. The van der Waals surface area contributed by atoms with Crippen molar-refractivity contribution in [3.8, 4) is 0 Å². The fourth-order valence-electron chi connectivity index (χ4n) is 0.0825. The Kier molecular flexibility index (Phi) is 3.96. The molecule has 0 unspecified atom stereocenters. The molecule has 1 heterocycles. The van der Waals surface area contributed by atoms with Gasteiger partial charge in [0.2, 0.25) is 0 Å². The summed E-state index contributed by atoms with van der Waals surface area (Å²) in [6.45, 7) is 1.93. The summed E-state index contributed by atoms with van der Waals surface area (Å²) < 4.78 is 16.7. The number of rotatable bonds is 0. The van der Waals surface area contributed by atoms with Gasteiger partial charge in [-0.2, -0.15) is 0 Å². The second kappa shape index (κ2) is 3.94. The first kappa shape index (κ1) is 9.03. The molecule has 1 rings (SSSR count). The molecule has 0 aromatic carbocycles. The highest BCUT2D eigenvalue weighted by Gasteiger charge is 2.35. The molecule has 9 heavy (non-hydrogen) atoms. The van der Waals surface area contributed by atoms with E-state index in [4.69, 9.17) is 10.00 Å². The third-order valence-electron chi connectivity index (χ3n) is 0.249. The van der Waals surface area contributed by atoms with Crippen LogP contribution in [0.1, 0.15) is 6.92 Å². The average molecular weight is 158 g/mol. The molecule has 1 saturated heterocycles. The van der Waals surface area contributed by atoms with Crippen molar-refractivity contribution < 1.29 is 29.0 Å². The maximum atomic E-state index is 9.66. The molecule has 0 bridgehead atoms. The predicted octanol–water partition coefficient (Wildman–Crippen LogP) is -0.0212. The summed E-state index contributed by atoms with van der Waals surface area (Å²) in [5.41, 5.74) is 0. The lowest BCUT2D eigenvalue weighted by Gasteiger charge is -2.13. The molecule has 0 amide bonds. The lowest BCUT2D eigenvalue weighted by molar-refractivity contribution is -0.498. The van der Waals surface area contributed by atoms with E-state index in [-0.39, 0.29) is 6.61 Å². The molecule has 0 saturated carbocycles. The van der Waals surface area contributed by atoms with Crippen LogP contribution in [0.3, 0.4) is 0 Å². The Hall–Kier alpha value is 0.0300. The van der Waals surface area contributed by atoms with E-state index < -0.39 is 7.82 Å². The van der Waals surface area contributed by atoms with Crippen molar-refractivity contribution in [1.29, 1.82) is 0 Å². The first-order chi connectivity index (χ1) is 4.12. The van der Waals surface area contributed by atoms with Gasteiger partial charge in [-0.05, 0) is 12.0 Å². The first-order valence-electron chi connectivity index (χ1n) is 2.10. The zero-order valence-corrected chi connectivity index (χ0v) is 5.58. The number of aliphatic hydroxyl groups excluding tert-OH is 1. The van der Waals surface area contributed by atoms with Gasteiger partial charge in [-0.1, -0.05) is 9.35 Å². The van der Waals surface area contributed by atoms with Crippen LogP contribution in [0.2, 0.25) is 0 Å². The molecule has 0 radical (unpaired) electrons. The first-order valence-corrected chi connectivity index (χ1v) is 3.60. The van der Waals surface area contributed by atoms with Crippen molar-refractivity contribution in [1.82, 2.24) is 0 Å². The molecule has 0 spiro atoms. The lowest BCUT2D eigenvalue weighted by Crippen LogP contribution is -2.04. The van der Waals surface area contributed by atoms with E-state index >= 15 is 0 Å². The smallest absolute Gasteiger partial charge is 0.397 e. The van der Waals surface area contributed by atoms with Crippen LogP contribution in [0.25, 0.3) is 0 Å². The fourth-order valence-corrected chi connectivity index (χ4v) is 0.247. The highest BCUT2D eigenvalue weighted by atomic mass is 31.2. The van der Waals surface area contributed by atoms with E-state index in [2.05, 4.69) is 14.4 Å². The Labute approximate surface area is 51.4 Å². The molecule has 1 aliphatic rings. The zero-order chi connectivity index (χ0) is 7.33. The summed E-state index contributed by atoms with van der Waals surface area (Å²) in [6.07, 6.45) is 0. The van der Waals surface area contributed by atoms with Gasteiger partial charge in [-0.15, -0.1) is 0 Å². The Bertz CT molecular complexity index is 104. The van der Waals surface area contributed by atoms with Crippen molar-refractivity contribution in [3.63, 3.8) is 0 Å². The number of phosphoric acid groups is 1. The minimum Gasteiger partial charge on any atom is -0.397 e. The zero-order valence-electron chi connectivity index (χ0n) is 4.68. The Balaban J connectivity index is 0.000000187. The predicted molar refractivity (Wildman–Crippen MR) is 25.8 cm³/mol. The van der Waals surface area contributed by atoms with Gasteiger partial charge in [0.25, 0.3) is 0 Å². The summed E-state index contributed by atoms with van der Waals surface area (Å²) in [5, 5.41) is 11.0. The van der Waals surface area contributed by atoms with Crippen molar-refractivity contribution in [2.45, 2.75) is 6.92 Å². The molecule has 7 heteroatoms. The number of hydrogen-bond donors (Lipinski definition) is 2. The summed E-state index contributed by atoms with van der Waals surface area (Å²) in [4.78, 5) is 7.90. The largest absolute Gasteiger partial charge is 0.531 e. The molecule has 0 aromatic heterocycles. The Morgan fingerprint density at radius 1 is 1.56 bits per heavy atom. The van der Waals surface area contributed by atoms with Gasteiger partial charge in [0, 0.05) is 6.61 Å². The molecule has 1 fully saturated rings. The minimum atomic E-state index is -3.69. The fraction of sp³-hybridized carbons (Fsp3) is 1.00. The molecule has 0 atom stereocenters. The second-order valence-corrected chi connectivity index (χ2v) is 2.24. The molecule has 1 aliphatic heterocycles.